The van der Waals surface area contributed by atoms with Gasteiger partial charge in [-0.2, -0.15) is 21.9 Å². The van der Waals surface area contributed by atoms with Gasteiger partial charge < -0.3 is 0 Å². The molecule has 0 saturated carbocycles. The topological polar surface area (TPSA) is 73.7 Å². The fraction of sp³-hybridized carbons (Fsp3) is 0.368. The van der Waals surface area contributed by atoms with E-state index in [9.17, 15) is 4.79 Å². The van der Waals surface area contributed by atoms with Crippen LogP contribution < -0.4 is 10.6 Å². The second kappa shape index (κ2) is 7.55. The Bertz CT molecular complexity index is 929. The van der Waals surface area contributed by atoms with Crippen LogP contribution in [0.2, 0.25) is 0 Å². The van der Waals surface area contributed by atoms with Crippen molar-refractivity contribution in [2.45, 2.75) is 24.6 Å². The average molecular weight is 367 g/mol. The SMILES string of the molecule is C=c1cccc2c1=NC(CSC1CCN(Cc3ccn[nH]3)CC1)=NC2=O. The van der Waals surface area contributed by atoms with Crippen molar-refractivity contribution < 1.29 is 4.79 Å². The number of amidine groups is 1. The van der Waals surface area contributed by atoms with Gasteiger partial charge in [0.05, 0.1) is 16.7 Å². The number of thioether (sulfide) groups is 1. The van der Waals surface area contributed by atoms with E-state index < -0.39 is 0 Å². The van der Waals surface area contributed by atoms with Crippen LogP contribution >= 0.6 is 11.8 Å². The zero-order valence-corrected chi connectivity index (χ0v) is 15.3. The van der Waals surface area contributed by atoms with Crippen molar-refractivity contribution in [1.29, 1.82) is 0 Å². The second-order valence-corrected chi connectivity index (χ2v) is 7.92. The number of hydrogen-bond acceptors (Lipinski definition) is 5. The molecule has 134 valence electrons. The molecule has 0 spiro atoms. The van der Waals surface area contributed by atoms with Crippen LogP contribution in [0.5, 0.6) is 0 Å². The minimum absolute atomic E-state index is 0.203. The Kier molecular flexibility index (Phi) is 4.99. The van der Waals surface area contributed by atoms with Crippen LogP contribution in [0.15, 0.2) is 40.4 Å². The van der Waals surface area contributed by atoms with Gasteiger partial charge in [-0.3, -0.25) is 14.8 Å². The highest BCUT2D eigenvalue weighted by atomic mass is 32.2. The molecule has 1 amide bonds. The van der Waals surface area contributed by atoms with E-state index in [0.29, 0.717) is 27.8 Å². The number of fused-ring (bicyclic) bond motifs is 1. The molecule has 0 unspecified atom stereocenters. The number of para-hydroxylation sites is 1. The summed E-state index contributed by atoms with van der Waals surface area (Å²) in [5.74, 6) is 1.08. The number of aromatic amines is 1. The van der Waals surface area contributed by atoms with E-state index in [1.807, 2.05) is 30.0 Å². The molecule has 1 aromatic heterocycles. The van der Waals surface area contributed by atoms with Crippen molar-refractivity contribution in [2.75, 3.05) is 18.8 Å². The molecule has 2 aliphatic rings. The number of carbonyl (C=O) groups is 1. The number of nitrogens with one attached hydrogen (secondary N) is 1. The molecule has 3 heterocycles. The third-order valence-electron chi connectivity index (χ3n) is 4.76. The monoisotopic (exact) mass is 367 g/mol. The molecule has 0 atom stereocenters. The lowest BCUT2D eigenvalue weighted by Gasteiger charge is -2.31. The maximum atomic E-state index is 12.2. The first-order valence-corrected chi connectivity index (χ1v) is 9.85. The number of H-pyrrole nitrogens is 1. The fourth-order valence-corrected chi connectivity index (χ4v) is 4.39. The molecule has 26 heavy (non-hydrogen) atoms. The van der Waals surface area contributed by atoms with Gasteiger partial charge in [0.1, 0.15) is 5.84 Å². The molecule has 2 aliphatic heterocycles. The zero-order chi connectivity index (χ0) is 17.9. The first-order valence-electron chi connectivity index (χ1n) is 8.80. The minimum atomic E-state index is -0.203. The Hall–Kier alpha value is -2.25. The predicted octanol–water partition coefficient (Wildman–Crippen LogP) is 1.39. The molecule has 0 bridgehead atoms. The van der Waals surface area contributed by atoms with Crippen molar-refractivity contribution in [3.63, 3.8) is 0 Å². The molecule has 1 N–H and O–H groups in total. The molecule has 0 radical (unpaired) electrons. The normalized spacial score (nSPS) is 18.3. The Labute approximate surface area is 156 Å². The van der Waals surface area contributed by atoms with Crippen molar-refractivity contribution in [1.82, 2.24) is 15.1 Å². The van der Waals surface area contributed by atoms with E-state index in [2.05, 4.69) is 31.7 Å². The lowest BCUT2D eigenvalue weighted by atomic mass is 10.1. The summed E-state index contributed by atoms with van der Waals surface area (Å²) in [7, 11) is 0. The summed E-state index contributed by atoms with van der Waals surface area (Å²) in [6, 6.07) is 7.48. The number of piperidine rings is 1. The Morgan fingerprint density at radius 1 is 1.23 bits per heavy atom. The molecule has 7 heteroatoms. The van der Waals surface area contributed by atoms with Crippen LogP contribution in [0, 0.1) is 0 Å². The van der Waals surface area contributed by atoms with E-state index >= 15 is 0 Å². The van der Waals surface area contributed by atoms with Gasteiger partial charge in [0.2, 0.25) is 0 Å². The van der Waals surface area contributed by atoms with Crippen molar-refractivity contribution >= 4 is 30.1 Å². The van der Waals surface area contributed by atoms with Crippen molar-refractivity contribution in [3.05, 3.63) is 52.3 Å². The van der Waals surface area contributed by atoms with E-state index in [4.69, 9.17) is 0 Å². The maximum Gasteiger partial charge on any atom is 0.280 e. The molecule has 6 nitrogen and oxygen atoms in total. The first kappa shape index (κ1) is 17.2. The number of hydrogen-bond donors (Lipinski definition) is 1. The summed E-state index contributed by atoms with van der Waals surface area (Å²) >= 11 is 1.85. The zero-order valence-electron chi connectivity index (χ0n) is 14.5. The van der Waals surface area contributed by atoms with Crippen LogP contribution in [-0.2, 0) is 6.54 Å². The highest BCUT2D eigenvalue weighted by molar-refractivity contribution is 8.00. The number of amides is 1. The van der Waals surface area contributed by atoms with Crippen LogP contribution in [-0.4, -0.2) is 50.9 Å². The largest absolute Gasteiger partial charge is 0.297 e. The first-order chi connectivity index (χ1) is 12.7. The van der Waals surface area contributed by atoms with E-state index in [-0.39, 0.29) is 5.91 Å². The summed E-state index contributed by atoms with van der Waals surface area (Å²) in [6.45, 7) is 7.05. The van der Waals surface area contributed by atoms with Gasteiger partial charge in [-0.15, -0.1) is 0 Å². The molecule has 4 rings (SSSR count). The summed E-state index contributed by atoms with van der Waals surface area (Å²) < 4.78 is 0. The lowest BCUT2D eigenvalue weighted by Crippen LogP contribution is -2.36. The maximum absolute atomic E-state index is 12.2. The predicted molar refractivity (Wildman–Crippen MR) is 104 cm³/mol. The summed E-state index contributed by atoms with van der Waals surface area (Å²) in [4.78, 5) is 23.4. The molecular formula is C19H21N5OS. The van der Waals surface area contributed by atoms with Crippen molar-refractivity contribution in [3.8, 4) is 0 Å². The quantitative estimate of drug-likeness (QED) is 0.867. The summed E-state index contributed by atoms with van der Waals surface area (Å²) in [5.41, 5.74) is 1.71. The number of aromatic nitrogens is 2. The smallest absolute Gasteiger partial charge is 0.280 e. The van der Waals surface area contributed by atoms with Gasteiger partial charge in [-0.25, -0.2) is 4.99 Å². The molecular weight excluding hydrogens is 346 g/mol. The highest BCUT2D eigenvalue weighted by Gasteiger charge is 2.21. The van der Waals surface area contributed by atoms with Gasteiger partial charge in [0.25, 0.3) is 5.91 Å². The third kappa shape index (κ3) is 3.78. The van der Waals surface area contributed by atoms with Crippen LogP contribution in [0.3, 0.4) is 0 Å². The minimum Gasteiger partial charge on any atom is -0.297 e. The number of carbonyl (C=O) groups excluding carboxylic acids is 1. The number of rotatable bonds is 5. The standard InChI is InChI=1S/C19H21N5OS/c1-13-3-2-4-16-18(13)21-17(22-19(16)25)12-26-15-6-9-24(10-7-15)11-14-5-8-20-23-14/h2-5,8,15H,1,6-7,9-12H2,(H,20,23). The number of benzene rings is 1. The Balaban J connectivity index is 1.32. The van der Waals surface area contributed by atoms with Gasteiger partial charge >= 0.3 is 0 Å². The molecule has 2 aromatic rings. The Morgan fingerprint density at radius 2 is 2.08 bits per heavy atom. The molecule has 1 aromatic carbocycles. The van der Waals surface area contributed by atoms with Crippen LogP contribution in [0.25, 0.3) is 6.58 Å². The van der Waals surface area contributed by atoms with Gasteiger partial charge in [0.15, 0.2) is 0 Å². The van der Waals surface area contributed by atoms with E-state index in [1.165, 1.54) is 0 Å². The van der Waals surface area contributed by atoms with Crippen LogP contribution in [0.1, 0.15) is 28.9 Å². The molecule has 0 aliphatic carbocycles. The molecule has 1 saturated heterocycles. The molecule has 1 fully saturated rings. The van der Waals surface area contributed by atoms with Gasteiger partial charge in [0, 0.05) is 23.7 Å². The number of aliphatic imine (C=N–C) groups is 1. The van der Waals surface area contributed by atoms with E-state index in [0.717, 1.165) is 43.4 Å². The second-order valence-electron chi connectivity index (χ2n) is 6.63. The van der Waals surface area contributed by atoms with Crippen molar-refractivity contribution in [2.24, 2.45) is 9.98 Å². The van der Waals surface area contributed by atoms with Gasteiger partial charge in [-0.1, -0.05) is 18.7 Å². The van der Waals surface area contributed by atoms with Crippen LogP contribution in [0.4, 0.5) is 0 Å². The lowest BCUT2D eigenvalue weighted by molar-refractivity contribution is 0.1000. The average Bonchev–Trinajstić information content (AvgIpc) is 3.15. The summed E-state index contributed by atoms with van der Waals surface area (Å²) in [6.07, 6.45) is 4.07. The Morgan fingerprint density at radius 3 is 2.85 bits per heavy atom. The number of likely N-dealkylation sites (tertiary alicyclic amines) is 1. The third-order valence-corrected chi connectivity index (χ3v) is 6.12. The number of nitrogens with zero attached hydrogens (tertiary/aromatic N) is 4. The van der Waals surface area contributed by atoms with Gasteiger partial charge in [-0.05, 0) is 43.3 Å². The fourth-order valence-electron chi connectivity index (χ4n) is 3.33. The highest BCUT2D eigenvalue weighted by Crippen LogP contribution is 2.24. The summed E-state index contributed by atoms with van der Waals surface area (Å²) in [5, 5.41) is 9.06. The van der Waals surface area contributed by atoms with E-state index in [1.54, 1.807) is 12.3 Å².